The maximum absolute atomic E-state index is 12.2. The minimum absolute atomic E-state index is 0.196. The lowest BCUT2D eigenvalue weighted by Crippen LogP contribution is -2.22. The molecule has 1 aromatic heterocycles. The predicted molar refractivity (Wildman–Crippen MR) is 95.3 cm³/mol. The topological polar surface area (TPSA) is 64.4 Å². The van der Waals surface area contributed by atoms with Gasteiger partial charge in [-0.1, -0.05) is 54.5 Å². The van der Waals surface area contributed by atoms with Gasteiger partial charge in [-0.25, -0.2) is 0 Å². The van der Waals surface area contributed by atoms with Gasteiger partial charge in [0, 0.05) is 18.2 Å². The minimum atomic E-state index is -0.291. The summed E-state index contributed by atoms with van der Waals surface area (Å²) in [6.07, 6.45) is 0.972. The Morgan fingerprint density at radius 3 is 2.60 bits per heavy atom. The Morgan fingerprint density at radius 2 is 1.88 bits per heavy atom. The molecule has 0 atom stereocenters. The molecule has 0 fully saturated rings. The van der Waals surface area contributed by atoms with Crippen LogP contribution < -0.4 is 10.1 Å². The Labute approximate surface area is 146 Å². The Balaban J connectivity index is 1.57. The number of hydrogen-bond donors (Lipinski definition) is 1. The summed E-state index contributed by atoms with van der Waals surface area (Å²) in [6.45, 7) is 3.18. The Kier molecular flexibility index (Phi) is 5.46. The highest BCUT2D eigenvalue weighted by atomic mass is 16.5. The molecule has 0 saturated heterocycles. The fraction of sp³-hybridized carbons (Fsp3) is 0.200. The summed E-state index contributed by atoms with van der Waals surface area (Å²) in [7, 11) is 0. The normalized spacial score (nSPS) is 10.4. The molecule has 1 N–H and O–H groups in total. The first-order chi connectivity index (χ1) is 12.3. The molecule has 0 spiro atoms. The van der Waals surface area contributed by atoms with E-state index in [1.807, 2.05) is 54.6 Å². The van der Waals surface area contributed by atoms with Gasteiger partial charge < -0.3 is 14.6 Å². The van der Waals surface area contributed by atoms with Crippen LogP contribution in [-0.2, 0) is 6.54 Å². The van der Waals surface area contributed by atoms with Crippen molar-refractivity contribution in [3.63, 3.8) is 0 Å². The van der Waals surface area contributed by atoms with E-state index in [9.17, 15) is 4.79 Å². The van der Waals surface area contributed by atoms with Gasteiger partial charge in [0.05, 0.1) is 6.61 Å². The van der Waals surface area contributed by atoms with E-state index in [2.05, 4.69) is 17.4 Å². The second kappa shape index (κ2) is 8.15. The molecule has 0 aliphatic heterocycles. The zero-order chi connectivity index (χ0) is 17.5. The molecular weight excluding hydrogens is 316 g/mol. The van der Waals surface area contributed by atoms with Crippen LogP contribution in [0.25, 0.3) is 11.3 Å². The fourth-order valence-electron chi connectivity index (χ4n) is 2.32. The van der Waals surface area contributed by atoms with Crippen LogP contribution in [0.5, 0.6) is 5.75 Å². The van der Waals surface area contributed by atoms with Crippen molar-refractivity contribution in [1.29, 1.82) is 0 Å². The highest BCUT2D eigenvalue weighted by Crippen LogP contribution is 2.18. The van der Waals surface area contributed by atoms with Crippen LogP contribution in [0.2, 0.25) is 0 Å². The Morgan fingerprint density at radius 1 is 1.12 bits per heavy atom. The van der Waals surface area contributed by atoms with Crippen LogP contribution in [0, 0.1) is 0 Å². The lowest BCUT2D eigenvalue weighted by Gasteiger charge is -2.06. The third-order valence-electron chi connectivity index (χ3n) is 3.65. The quantitative estimate of drug-likeness (QED) is 0.706. The molecule has 128 valence electrons. The Hall–Kier alpha value is -3.08. The SMILES string of the molecule is CCCOc1ccc(CNC(=O)c2cc(-c3ccccc3)no2)cc1. The van der Waals surface area contributed by atoms with Crippen molar-refractivity contribution in [2.45, 2.75) is 19.9 Å². The second-order valence-electron chi connectivity index (χ2n) is 5.62. The molecule has 0 aliphatic rings. The van der Waals surface area contributed by atoms with E-state index in [-0.39, 0.29) is 11.7 Å². The van der Waals surface area contributed by atoms with Gasteiger partial charge in [-0.05, 0) is 24.1 Å². The largest absolute Gasteiger partial charge is 0.494 e. The molecule has 0 radical (unpaired) electrons. The molecule has 3 rings (SSSR count). The summed E-state index contributed by atoms with van der Waals surface area (Å²) in [6, 6.07) is 18.9. The third kappa shape index (κ3) is 4.47. The number of rotatable bonds is 7. The molecule has 5 heteroatoms. The van der Waals surface area contributed by atoms with Gasteiger partial charge in [0.25, 0.3) is 5.91 Å². The molecule has 3 aromatic rings. The second-order valence-corrected chi connectivity index (χ2v) is 5.62. The van der Waals surface area contributed by atoms with Crippen LogP contribution in [-0.4, -0.2) is 17.7 Å². The van der Waals surface area contributed by atoms with E-state index >= 15 is 0 Å². The third-order valence-corrected chi connectivity index (χ3v) is 3.65. The zero-order valence-corrected chi connectivity index (χ0v) is 14.1. The van der Waals surface area contributed by atoms with E-state index in [0.717, 1.165) is 23.3 Å². The molecule has 0 bridgehead atoms. The predicted octanol–water partition coefficient (Wildman–Crippen LogP) is 4.06. The summed E-state index contributed by atoms with van der Waals surface area (Å²) in [4.78, 5) is 12.2. The van der Waals surface area contributed by atoms with Gasteiger partial charge >= 0.3 is 0 Å². The van der Waals surface area contributed by atoms with Crippen LogP contribution >= 0.6 is 0 Å². The van der Waals surface area contributed by atoms with E-state index in [1.54, 1.807) is 6.07 Å². The monoisotopic (exact) mass is 336 g/mol. The van der Waals surface area contributed by atoms with Gasteiger partial charge in [-0.2, -0.15) is 0 Å². The highest BCUT2D eigenvalue weighted by Gasteiger charge is 2.13. The molecule has 5 nitrogen and oxygen atoms in total. The molecular formula is C20H20N2O3. The van der Waals surface area contributed by atoms with Gasteiger partial charge in [-0.3, -0.25) is 4.79 Å². The number of carbonyl (C=O) groups is 1. The van der Waals surface area contributed by atoms with Gasteiger partial charge in [-0.15, -0.1) is 0 Å². The van der Waals surface area contributed by atoms with Crippen molar-refractivity contribution < 1.29 is 14.1 Å². The van der Waals surface area contributed by atoms with E-state index in [4.69, 9.17) is 9.26 Å². The van der Waals surface area contributed by atoms with Crippen molar-refractivity contribution in [1.82, 2.24) is 10.5 Å². The standard InChI is InChI=1S/C20H20N2O3/c1-2-12-24-17-10-8-15(9-11-17)14-21-20(23)19-13-18(22-25-19)16-6-4-3-5-7-16/h3-11,13H,2,12,14H2,1H3,(H,21,23). The minimum Gasteiger partial charge on any atom is -0.494 e. The van der Waals surface area contributed by atoms with Crippen LogP contribution in [0.4, 0.5) is 0 Å². The molecule has 1 amide bonds. The first-order valence-corrected chi connectivity index (χ1v) is 8.28. The summed E-state index contributed by atoms with van der Waals surface area (Å²) in [5.41, 5.74) is 2.54. The number of benzene rings is 2. The van der Waals surface area contributed by atoms with Gasteiger partial charge in [0.15, 0.2) is 0 Å². The molecule has 0 aliphatic carbocycles. The molecule has 1 heterocycles. The number of nitrogens with zero attached hydrogens (tertiary/aromatic N) is 1. The van der Waals surface area contributed by atoms with Crippen molar-refractivity contribution in [3.8, 4) is 17.0 Å². The molecule has 0 saturated carbocycles. The van der Waals surface area contributed by atoms with Crippen molar-refractivity contribution in [2.24, 2.45) is 0 Å². The number of amides is 1. The number of aromatic nitrogens is 1. The highest BCUT2D eigenvalue weighted by molar-refractivity contribution is 5.92. The van der Waals surface area contributed by atoms with E-state index in [0.29, 0.717) is 18.8 Å². The zero-order valence-electron chi connectivity index (χ0n) is 14.1. The fourth-order valence-corrected chi connectivity index (χ4v) is 2.32. The molecule has 25 heavy (non-hydrogen) atoms. The first kappa shape index (κ1) is 16.8. The lowest BCUT2D eigenvalue weighted by atomic mass is 10.1. The van der Waals surface area contributed by atoms with Crippen molar-refractivity contribution in [2.75, 3.05) is 6.61 Å². The van der Waals surface area contributed by atoms with Crippen LogP contribution in [0.15, 0.2) is 65.2 Å². The van der Waals surface area contributed by atoms with Crippen LogP contribution in [0.1, 0.15) is 29.5 Å². The maximum atomic E-state index is 12.2. The van der Waals surface area contributed by atoms with Crippen molar-refractivity contribution >= 4 is 5.91 Å². The molecule has 0 unspecified atom stereocenters. The first-order valence-electron chi connectivity index (χ1n) is 8.28. The summed E-state index contributed by atoms with van der Waals surface area (Å²) in [5.74, 6) is 0.738. The lowest BCUT2D eigenvalue weighted by molar-refractivity contribution is 0.0914. The maximum Gasteiger partial charge on any atom is 0.290 e. The molecule has 2 aromatic carbocycles. The summed E-state index contributed by atoms with van der Waals surface area (Å²) >= 11 is 0. The summed E-state index contributed by atoms with van der Waals surface area (Å²) < 4.78 is 10.7. The van der Waals surface area contributed by atoms with E-state index < -0.39 is 0 Å². The number of carbonyl (C=O) groups excluding carboxylic acids is 1. The number of ether oxygens (including phenoxy) is 1. The van der Waals surface area contributed by atoms with Gasteiger partial charge in [0.2, 0.25) is 5.76 Å². The average molecular weight is 336 g/mol. The summed E-state index contributed by atoms with van der Waals surface area (Å²) in [5, 5.41) is 6.78. The Bertz CT molecular complexity index is 810. The number of hydrogen-bond acceptors (Lipinski definition) is 4. The van der Waals surface area contributed by atoms with Crippen molar-refractivity contribution in [3.05, 3.63) is 72.0 Å². The van der Waals surface area contributed by atoms with Crippen LogP contribution in [0.3, 0.4) is 0 Å². The average Bonchev–Trinajstić information content (AvgIpc) is 3.16. The smallest absolute Gasteiger partial charge is 0.290 e. The number of nitrogens with one attached hydrogen (secondary N) is 1. The van der Waals surface area contributed by atoms with E-state index in [1.165, 1.54) is 0 Å². The van der Waals surface area contributed by atoms with Gasteiger partial charge in [0.1, 0.15) is 11.4 Å².